The van der Waals surface area contributed by atoms with Gasteiger partial charge in [0, 0.05) is 31.3 Å². The molecule has 2 heterocycles. The first-order valence-electron chi connectivity index (χ1n) is 5.79. The van der Waals surface area contributed by atoms with Crippen LogP contribution in [0, 0.1) is 0 Å². The third-order valence-electron chi connectivity index (χ3n) is 3.07. The van der Waals surface area contributed by atoms with Crippen LogP contribution in [-0.4, -0.2) is 23.4 Å². The van der Waals surface area contributed by atoms with Crippen LogP contribution in [0.4, 0.5) is 0 Å². The third kappa shape index (κ3) is 1.91. The highest BCUT2D eigenvalue weighted by molar-refractivity contribution is 5.38. The van der Waals surface area contributed by atoms with E-state index in [-0.39, 0.29) is 0 Å². The van der Waals surface area contributed by atoms with Gasteiger partial charge in [0.15, 0.2) is 0 Å². The summed E-state index contributed by atoms with van der Waals surface area (Å²) in [5.41, 5.74) is 3.58. The molecule has 88 valence electrons. The predicted molar refractivity (Wildman–Crippen MR) is 65.5 cm³/mol. The first-order valence-corrected chi connectivity index (χ1v) is 5.79. The van der Waals surface area contributed by atoms with Crippen molar-refractivity contribution in [3.05, 3.63) is 41.7 Å². The number of hydrogen-bond acceptors (Lipinski definition) is 3. The van der Waals surface area contributed by atoms with Crippen molar-refractivity contribution in [2.24, 2.45) is 0 Å². The number of nitrogens with zero attached hydrogens (tertiary/aromatic N) is 2. The monoisotopic (exact) mass is 229 g/mol. The summed E-state index contributed by atoms with van der Waals surface area (Å²) >= 11 is 0. The molecule has 3 rings (SSSR count). The van der Waals surface area contributed by atoms with E-state index >= 15 is 0 Å². The van der Waals surface area contributed by atoms with Gasteiger partial charge in [0.2, 0.25) is 0 Å². The van der Waals surface area contributed by atoms with E-state index in [0.717, 1.165) is 30.9 Å². The van der Waals surface area contributed by atoms with E-state index in [0.29, 0.717) is 0 Å². The Morgan fingerprint density at radius 2 is 2.12 bits per heavy atom. The normalized spacial score (nSPS) is 14.4. The fraction of sp³-hybridized carbons (Fsp3) is 0.308. The molecule has 1 N–H and O–H groups in total. The molecule has 4 heteroatoms. The zero-order valence-corrected chi connectivity index (χ0v) is 9.81. The number of hydrogen-bond donors (Lipinski definition) is 1. The molecule has 1 aliphatic rings. The zero-order chi connectivity index (χ0) is 11.7. The largest absolute Gasteiger partial charge is 0.497 e. The van der Waals surface area contributed by atoms with Gasteiger partial charge in [-0.05, 0) is 24.3 Å². The van der Waals surface area contributed by atoms with Crippen LogP contribution in [0.2, 0.25) is 0 Å². The van der Waals surface area contributed by atoms with E-state index < -0.39 is 0 Å². The van der Waals surface area contributed by atoms with Crippen molar-refractivity contribution in [2.75, 3.05) is 13.7 Å². The summed E-state index contributed by atoms with van der Waals surface area (Å²) in [6.45, 7) is 1.94. The topological polar surface area (TPSA) is 39.1 Å². The quantitative estimate of drug-likeness (QED) is 0.848. The summed E-state index contributed by atoms with van der Waals surface area (Å²) in [5.74, 6) is 0.868. The molecule has 0 fully saturated rings. The second-order valence-corrected chi connectivity index (χ2v) is 4.17. The summed E-state index contributed by atoms with van der Waals surface area (Å²) in [4.78, 5) is 0. The van der Waals surface area contributed by atoms with Crippen molar-refractivity contribution >= 4 is 0 Å². The van der Waals surface area contributed by atoms with Crippen LogP contribution >= 0.6 is 0 Å². The molecule has 0 saturated carbocycles. The molecule has 0 spiro atoms. The molecule has 0 unspecified atom stereocenters. The summed E-state index contributed by atoms with van der Waals surface area (Å²) in [7, 11) is 1.67. The van der Waals surface area contributed by atoms with Gasteiger partial charge < -0.3 is 10.1 Å². The van der Waals surface area contributed by atoms with E-state index in [1.165, 1.54) is 11.3 Å². The highest BCUT2D eigenvalue weighted by atomic mass is 16.5. The van der Waals surface area contributed by atoms with Gasteiger partial charge in [-0.25, -0.2) is 4.68 Å². The Balaban J connectivity index is 1.94. The second-order valence-electron chi connectivity index (χ2n) is 4.17. The Labute approximate surface area is 100 Å². The van der Waals surface area contributed by atoms with Crippen LogP contribution in [-0.2, 0) is 13.0 Å². The fourth-order valence-corrected chi connectivity index (χ4v) is 2.10. The number of methoxy groups -OCH3 is 1. The number of aromatic nitrogens is 2. The van der Waals surface area contributed by atoms with Gasteiger partial charge >= 0.3 is 0 Å². The number of rotatable bonds is 2. The first-order chi connectivity index (χ1) is 8.36. The second kappa shape index (κ2) is 4.22. The highest BCUT2D eigenvalue weighted by Gasteiger charge is 2.13. The third-order valence-corrected chi connectivity index (χ3v) is 3.07. The van der Waals surface area contributed by atoms with Gasteiger partial charge in [0.1, 0.15) is 5.75 Å². The molecule has 1 aromatic carbocycles. The van der Waals surface area contributed by atoms with Crippen molar-refractivity contribution in [2.45, 2.75) is 13.0 Å². The average Bonchev–Trinajstić information content (AvgIpc) is 2.82. The van der Waals surface area contributed by atoms with Gasteiger partial charge in [0.05, 0.1) is 18.5 Å². The van der Waals surface area contributed by atoms with E-state index in [2.05, 4.69) is 16.6 Å². The number of benzene rings is 1. The Morgan fingerprint density at radius 3 is 2.82 bits per heavy atom. The molecular formula is C13H15N3O. The SMILES string of the molecule is COc1ccc(-n2cc3c(n2)CCNC3)cc1. The molecule has 0 aliphatic carbocycles. The molecule has 4 nitrogen and oxygen atoms in total. The molecule has 0 radical (unpaired) electrons. The lowest BCUT2D eigenvalue weighted by atomic mass is 10.1. The van der Waals surface area contributed by atoms with Crippen LogP contribution in [0.5, 0.6) is 5.75 Å². The van der Waals surface area contributed by atoms with Gasteiger partial charge in [-0.2, -0.15) is 5.10 Å². The Bertz CT molecular complexity index is 492. The van der Waals surface area contributed by atoms with Gasteiger partial charge in [-0.3, -0.25) is 0 Å². The minimum atomic E-state index is 0.868. The van der Waals surface area contributed by atoms with Crippen molar-refractivity contribution < 1.29 is 4.74 Å². The number of fused-ring (bicyclic) bond motifs is 1. The fourth-order valence-electron chi connectivity index (χ4n) is 2.10. The molecule has 0 bridgehead atoms. The van der Waals surface area contributed by atoms with E-state index in [1.807, 2.05) is 28.9 Å². The van der Waals surface area contributed by atoms with Crippen LogP contribution in [0.15, 0.2) is 30.5 Å². The number of ether oxygens (including phenoxy) is 1. The summed E-state index contributed by atoms with van der Waals surface area (Å²) < 4.78 is 7.09. The van der Waals surface area contributed by atoms with Crippen molar-refractivity contribution in [3.63, 3.8) is 0 Å². The van der Waals surface area contributed by atoms with E-state index in [9.17, 15) is 0 Å². The average molecular weight is 229 g/mol. The predicted octanol–water partition coefficient (Wildman–Crippen LogP) is 1.53. The Hall–Kier alpha value is -1.81. The Morgan fingerprint density at radius 1 is 1.29 bits per heavy atom. The molecule has 0 atom stereocenters. The lowest BCUT2D eigenvalue weighted by molar-refractivity contribution is 0.414. The van der Waals surface area contributed by atoms with Gasteiger partial charge in [-0.15, -0.1) is 0 Å². The van der Waals surface area contributed by atoms with Crippen LogP contribution in [0.3, 0.4) is 0 Å². The van der Waals surface area contributed by atoms with E-state index in [4.69, 9.17) is 4.74 Å². The highest BCUT2D eigenvalue weighted by Crippen LogP contribution is 2.18. The smallest absolute Gasteiger partial charge is 0.119 e. The summed E-state index contributed by atoms with van der Waals surface area (Å²) in [5, 5.41) is 7.96. The number of nitrogens with one attached hydrogen (secondary N) is 1. The first kappa shape index (κ1) is 10.4. The molecule has 2 aromatic rings. The van der Waals surface area contributed by atoms with Crippen LogP contribution in [0.1, 0.15) is 11.3 Å². The Kier molecular flexibility index (Phi) is 2.57. The molecular weight excluding hydrogens is 214 g/mol. The summed E-state index contributed by atoms with van der Waals surface area (Å²) in [6.07, 6.45) is 3.11. The lowest BCUT2D eigenvalue weighted by Crippen LogP contribution is -2.22. The maximum Gasteiger partial charge on any atom is 0.119 e. The van der Waals surface area contributed by atoms with Crippen LogP contribution in [0.25, 0.3) is 5.69 Å². The van der Waals surface area contributed by atoms with E-state index in [1.54, 1.807) is 7.11 Å². The molecule has 0 saturated heterocycles. The maximum absolute atomic E-state index is 5.15. The zero-order valence-electron chi connectivity index (χ0n) is 9.81. The van der Waals surface area contributed by atoms with Gasteiger partial charge in [0.25, 0.3) is 0 Å². The van der Waals surface area contributed by atoms with Crippen molar-refractivity contribution in [1.29, 1.82) is 0 Å². The standard InChI is InChI=1S/C13H15N3O/c1-17-12-4-2-11(3-5-12)16-9-10-8-14-7-6-13(10)15-16/h2-5,9,14H,6-8H2,1H3. The van der Waals surface area contributed by atoms with Crippen molar-refractivity contribution in [1.82, 2.24) is 15.1 Å². The van der Waals surface area contributed by atoms with Crippen molar-refractivity contribution in [3.8, 4) is 11.4 Å². The van der Waals surface area contributed by atoms with Crippen LogP contribution < -0.4 is 10.1 Å². The molecule has 1 aliphatic heterocycles. The molecule has 0 amide bonds. The minimum absolute atomic E-state index is 0.868. The molecule has 17 heavy (non-hydrogen) atoms. The van der Waals surface area contributed by atoms with Gasteiger partial charge in [-0.1, -0.05) is 0 Å². The summed E-state index contributed by atoms with van der Waals surface area (Å²) in [6, 6.07) is 7.94. The molecule has 1 aromatic heterocycles. The minimum Gasteiger partial charge on any atom is -0.497 e. The maximum atomic E-state index is 5.15. The lowest BCUT2D eigenvalue weighted by Gasteiger charge is -2.09.